The maximum Gasteiger partial charge on any atom is 0.307 e. The minimum absolute atomic E-state index is 0.0500. The summed E-state index contributed by atoms with van der Waals surface area (Å²) in [5, 5.41) is 8.78. The molecule has 0 spiro atoms. The van der Waals surface area contributed by atoms with E-state index in [0.717, 1.165) is 22.4 Å². The van der Waals surface area contributed by atoms with Gasteiger partial charge in [0.1, 0.15) is 0 Å². The summed E-state index contributed by atoms with van der Waals surface area (Å²) in [6.07, 6.45) is -0.0500. The Morgan fingerprint density at radius 2 is 1.20 bits per heavy atom. The summed E-state index contributed by atoms with van der Waals surface area (Å²) in [5.74, 6) is -0.877. The van der Waals surface area contributed by atoms with Gasteiger partial charge >= 0.3 is 5.97 Å². The van der Waals surface area contributed by atoms with Gasteiger partial charge in [0, 0.05) is 22.4 Å². The quantitative estimate of drug-likeness (QED) is 0.426. The van der Waals surface area contributed by atoms with Gasteiger partial charge in [0.2, 0.25) is 0 Å². The van der Waals surface area contributed by atoms with Crippen LogP contribution in [0.4, 0.5) is 0 Å². The Kier molecular flexibility index (Phi) is 5.30. The van der Waals surface area contributed by atoms with Crippen LogP contribution in [-0.4, -0.2) is 11.1 Å². The summed E-state index contributed by atoms with van der Waals surface area (Å²) in [7, 11) is 0. The average molecular weight is 531 g/mol. The van der Waals surface area contributed by atoms with Crippen molar-refractivity contribution in [2.24, 2.45) is 0 Å². The van der Waals surface area contributed by atoms with Gasteiger partial charge in [-0.15, -0.1) is 0 Å². The summed E-state index contributed by atoms with van der Waals surface area (Å²) in [5.41, 5.74) is 0.685. The Bertz CT molecular complexity index is 401. The van der Waals surface area contributed by atoms with E-state index in [1.54, 1.807) is 0 Å². The SMILES string of the molecule is O=C(O)Cc1c(Br)c(Br)c(Br)c(Br)c1Br. The summed E-state index contributed by atoms with van der Waals surface area (Å²) in [6, 6.07) is 0. The number of carbonyl (C=O) groups is 1. The van der Waals surface area contributed by atoms with Crippen molar-refractivity contribution in [2.45, 2.75) is 6.42 Å². The van der Waals surface area contributed by atoms with Crippen LogP contribution in [0.3, 0.4) is 0 Å². The number of carboxylic acid groups (broad SMARTS) is 1. The van der Waals surface area contributed by atoms with Gasteiger partial charge in [-0.05, 0) is 85.2 Å². The van der Waals surface area contributed by atoms with Gasteiger partial charge in [-0.25, -0.2) is 0 Å². The first-order valence-electron chi connectivity index (χ1n) is 3.58. The lowest BCUT2D eigenvalue weighted by Gasteiger charge is -2.11. The number of rotatable bonds is 2. The van der Waals surface area contributed by atoms with Crippen LogP contribution in [0.1, 0.15) is 5.56 Å². The summed E-state index contributed by atoms with van der Waals surface area (Å²) < 4.78 is 3.86. The van der Waals surface area contributed by atoms with E-state index in [1.807, 2.05) is 0 Å². The molecule has 82 valence electrons. The van der Waals surface area contributed by atoms with Crippen molar-refractivity contribution in [3.05, 3.63) is 27.9 Å². The molecule has 15 heavy (non-hydrogen) atoms. The predicted molar refractivity (Wildman–Crippen MR) is 76.3 cm³/mol. The molecular weight excluding hydrogens is 528 g/mol. The Hall–Kier alpha value is 1.09. The molecule has 2 nitrogen and oxygen atoms in total. The van der Waals surface area contributed by atoms with Gasteiger partial charge < -0.3 is 5.11 Å². The number of hydrogen-bond donors (Lipinski definition) is 1. The molecule has 0 saturated heterocycles. The first-order valence-corrected chi connectivity index (χ1v) is 7.54. The van der Waals surface area contributed by atoms with Crippen LogP contribution in [0, 0.1) is 0 Å². The number of carboxylic acids is 1. The molecule has 1 aromatic rings. The van der Waals surface area contributed by atoms with Crippen LogP contribution in [0.25, 0.3) is 0 Å². The molecule has 0 aliphatic rings. The lowest BCUT2D eigenvalue weighted by Crippen LogP contribution is -2.03. The third kappa shape index (κ3) is 3.06. The van der Waals surface area contributed by atoms with Crippen LogP contribution < -0.4 is 0 Å². The number of aliphatic carboxylic acids is 1. The molecule has 1 N–H and O–H groups in total. The zero-order valence-corrected chi connectivity index (χ0v) is 14.9. The maximum atomic E-state index is 10.7. The highest BCUT2D eigenvalue weighted by Crippen LogP contribution is 2.44. The zero-order valence-electron chi connectivity index (χ0n) is 6.95. The van der Waals surface area contributed by atoms with E-state index >= 15 is 0 Å². The van der Waals surface area contributed by atoms with Crippen molar-refractivity contribution in [1.29, 1.82) is 0 Å². The second-order valence-corrected chi connectivity index (χ2v) is 6.58. The Labute approximate surface area is 128 Å². The van der Waals surface area contributed by atoms with Gasteiger partial charge in [-0.2, -0.15) is 0 Å². The molecule has 0 radical (unpaired) electrons. The first-order chi connectivity index (χ1) is 6.86. The molecule has 0 unspecified atom stereocenters. The van der Waals surface area contributed by atoms with E-state index in [4.69, 9.17) is 5.11 Å². The molecule has 0 fully saturated rings. The molecule has 0 amide bonds. The lowest BCUT2D eigenvalue weighted by atomic mass is 10.1. The van der Waals surface area contributed by atoms with Crippen LogP contribution in [0.2, 0.25) is 0 Å². The van der Waals surface area contributed by atoms with E-state index in [1.165, 1.54) is 0 Å². The monoisotopic (exact) mass is 526 g/mol. The molecule has 0 heterocycles. The van der Waals surface area contributed by atoms with E-state index in [9.17, 15) is 4.79 Å². The molecule has 1 aromatic carbocycles. The van der Waals surface area contributed by atoms with E-state index in [2.05, 4.69) is 79.6 Å². The normalized spacial score (nSPS) is 10.5. The van der Waals surface area contributed by atoms with E-state index in [-0.39, 0.29) is 6.42 Å². The van der Waals surface area contributed by atoms with Gasteiger partial charge in [-0.1, -0.05) is 0 Å². The number of benzene rings is 1. The van der Waals surface area contributed by atoms with E-state index in [0.29, 0.717) is 5.56 Å². The van der Waals surface area contributed by atoms with Crippen molar-refractivity contribution in [2.75, 3.05) is 0 Å². The Morgan fingerprint density at radius 1 is 0.867 bits per heavy atom. The minimum atomic E-state index is -0.877. The molecule has 1 rings (SSSR count). The standard InChI is InChI=1S/C8H3Br5O2/c9-4-2(1-3(14)15)5(10)7(12)8(13)6(4)11/h1H2,(H,14,15). The Balaban J connectivity index is 3.45. The van der Waals surface area contributed by atoms with Gasteiger partial charge in [0.05, 0.1) is 6.42 Å². The van der Waals surface area contributed by atoms with Crippen molar-refractivity contribution in [1.82, 2.24) is 0 Å². The minimum Gasteiger partial charge on any atom is -0.481 e. The second-order valence-electron chi connectivity index (χ2n) is 2.62. The third-order valence-electron chi connectivity index (χ3n) is 1.63. The molecular formula is C8H3Br5O2. The van der Waals surface area contributed by atoms with Gasteiger partial charge in [0.25, 0.3) is 0 Å². The molecule has 0 bridgehead atoms. The number of halogens is 5. The average Bonchev–Trinajstić information content (AvgIpc) is 2.18. The fourth-order valence-electron chi connectivity index (χ4n) is 0.957. The van der Waals surface area contributed by atoms with Crippen molar-refractivity contribution < 1.29 is 9.90 Å². The predicted octanol–water partition coefficient (Wildman–Crippen LogP) is 5.13. The van der Waals surface area contributed by atoms with Crippen LogP contribution in [0.15, 0.2) is 22.4 Å². The van der Waals surface area contributed by atoms with Gasteiger partial charge in [0.15, 0.2) is 0 Å². The second kappa shape index (κ2) is 5.62. The van der Waals surface area contributed by atoms with Crippen LogP contribution in [-0.2, 0) is 11.2 Å². The fourth-order valence-corrected chi connectivity index (χ4v) is 4.37. The third-order valence-corrected chi connectivity index (χ3v) is 7.89. The maximum absolute atomic E-state index is 10.7. The molecule has 0 atom stereocenters. The van der Waals surface area contributed by atoms with Gasteiger partial charge in [-0.3, -0.25) is 4.79 Å². The largest absolute Gasteiger partial charge is 0.481 e. The highest BCUT2D eigenvalue weighted by molar-refractivity contribution is 9.15. The lowest BCUT2D eigenvalue weighted by molar-refractivity contribution is -0.136. The smallest absolute Gasteiger partial charge is 0.307 e. The van der Waals surface area contributed by atoms with Crippen LogP contribution >= 0.6 is 79.6 Å². The molecule has 0 saturated carbocycles. The summed E-state index contributed by atoms with van der Waals surface area (Å²) >= 11 is 16.8. The Morgan fingerprint density at radius 3 is 1.53 bits per heavy atom. The molecule has 7 heteroatoms. The highest BCUT2D eigenvalue weighted by atomic mass is 79.9. The zero-order chi connectivity index (χ0) is 11.7. The van der Waals surface area contributed by atoms with Crippen molar-refractivity contribution in [3.8, 4) is 0 Å². The van der Waals surface area contributed by atoms with Crippen LogP contribution in [0.5, 0.6) is 0 Å². The van der Waals surface area contributed by atoms with E-state index < -0.39 is 5.97 Å². The van der Waals surface area contributed by atoms with Crippen molar-refractivity contribution >= 4 is 85.6 Å². The number of hydrogen-bond acceptors (Lipinski definition) is 1. The van der Waals surface area contributed by atoms with Crippen molar-refractivity contribution in [3.63, 3.8) is 0 Å². The summed E-state index contributed by atoms with van der Waals surface area (Å²) in [4.78, 5) is 10.7. The fraction of sp³-hybridized carbons (Fsp3) is 0.125. The molecule has 0 aliphatic heterocycles. The molecule has 0 aliphatic carbocycles. The molecule has 0 aromatic heterocycles. The topological polar surface area (TPSA) is 37.3 Å². The summed E-state index contributed by atoms with van der Waals surface area (Å²) in [6.45, 7) is 0. The first kappa shape index (κ1) is 14.2. The highest BCUT2D eigenvalue weighted by Gasteiger charge is 2.18.